The number of fused-ring (bicyclic) bond motifs is 1. The van der Waals surface area contributed by atoms with Crippen LogP contribution in [-0.4, -0.2) is 31.6 Å². The maximum atomic E-state index is 12.5. The van der Waals surface area contributed by atoms with Crippen LogP contribution >= 0.6 is 0 Å². The largest absolute Gasteiger partial charge is 0.372 e. The molecule has 4 rings (SSSR count). The van der Waals surface area contributed by atoms with Crippen molar-refractivity contribution in [3.8, 4) is 0 Å². The Morgan fingerprint density at radius 2 is 1.80 bits per heavy atom. The van der Waals surface area contributed by atoms with Crippen LogP contribution in [0.25, 0.3) is 0 Å². The Labute approximate surface area is 149 Å². The molecule has 0 saturated carbocycles. The predicted molar refractivity (Wildman–Crippen MR) is 103 cm³/mol. The summed E-state index contributed by atoms with van der Waals surface area (Å²) >= 11 is 0. The van der Waals surface area contributed by atoms with Crippen molar-refractivity contribution in [3.63, 3.8) is 0 Å². The lowest BCUT2D eigenvalue weighted by Gasteiger charge is -2.24. The zero-order valence-electron chi connectivity index (χ0n) is 14.7. The monoisotopic (exact) mass is 335 g/mol. The Morgan fingerprint density at radius 3 is 2.56 bits per heavy atom. The number of hydrogen-bond acceptors (Lipinski definition) is 3. The minimum absolute atomic E-state index is 0.0393. The summed E-state index contributed by atoms with van der Waals surface area (Å²) in [7, 11) is 0. The fraction of sp³-hybridized carbons (Fsp3) is 0.381. The number of nitrogens with one attached hydrogen (secondary N) is 1. The smallest absolute Gasteiger partial charge is 0.243 e. The van der Waals surface area contributed by atoms with Crippen molar-refractivity contribution in [3.05, 3.63) is 54.1 Å². The van der Waals surface area contributed by atoms with Gasteiger partial charge in [-0.15, -0.1) is 0 Å². The highest BCUT2D eigenvalue weighted by atomic mass is 16.2. The summed E-state index contributed by atoms with van der Waals surface area (Å²) in [5, 5.41) is 3.04. The van der Waals surface area contributed by atoms with Gasteiger partial charge in [0, 0.05) is 36.2 Å². The molecule has 25 heavy (non-hydrogen) atoms. The third-order valence-corrected chi connectivity index (χ3v) is 5.28. The molecule has 4 nitrogen and oxygen atoms in total. The molecule has 1 N–H and O–H groups in total. The lowest BCUT2D eigenvalue weighted by molar-refractivity contribution is -0.115. The van der Waals surface area contributed by atoms with Gasteiger partial charge in [0.15, 0.2) is 0 Å². The SMILES string of the molecule is C[C@@H]1Cc2ccccc2N1CC(=O)Nc1ccc(N2CCCC2)cc1. The third kappa shape index (κ3) is 3.34. The van der Waals surface area contributed by atoms with Crippen molar-refractivity contribution in [1.29, 1.82) is 0 Å². The molecule has 0 aliphatic carbocycles. The third-order valence-electron chi connectivity index (χ3n) is 5.28. The summed E-state index contributed by atoms with van der Waals surface area (Å²) in [6.07, 6.45) is 3.55. The number of anilines is 3. The molecule has 2 aromatic rings. The maximum absolute atomic E-state index is 12.5. The van der Waals surface area contributed by atoms with E-state index in [0.29, 0.717) is 12.6 Å². The molecule has 2 aliphatic heterocycles. The highest BCUT2D eigenvalue weighted by Crippen LogP contribution is 2.31. The summed E-state index contributed by atoms with van der Waals surface area (Å²) in [6, 6.07) is 17.0. The van der Waals surface area contributed by atoms with Crippen molar-refractivity contribution in [2.75, 3.05) is 34.8 Å². The zero-order chi connectivity index (χ0) is 17.2. The normalized spacial score (nSPS) is 19.2. The van der Waals surface area contributed by atoms with Crippen molar-refractivity contribution in [1.82, 2.24) is 0 Å². The van der Waals surface area contributed by atoms with Crippen molar-refractivity contribution in [2.24, 2.45) is 0 Å². The molecule has 2 aliphatic rings. The van der Waals surface area contributed by atoms with Gasteiger partial charge in [-0.2, -0.15) is 0 Å². The Morgan fingerprint density at radius 1 is 1.08 bits per heavy atom. The molecule has 1 fully saturated rings. The van der Waals surface area contributed by atoms with E-state index < -0.39 is 0 Å². The maximum Gasteiger partial charge on any atom is 0.243 e. The molecule has 1 atom stereocenters. The van der Waals surface area contributed by atoms with Gasteiger partial charge in [0.2, 0.25) is 5.91 Å². The second-order valence-electron chi connectivity index (χ2n) is 7.10. The first-order chi connectivity index (χ1) is 12.2. The lowest BCUT2D eigenvalue weighted by atomic mass is 10.1. The number of para-hydroxylation sites is 1. The molecule has 1 amide bonds. The van der Waals surface area contributed by atoms with E-state index in [0.717, 1.165) is 25.2 Å². The van der Waals surface area contributed by atoms with Crippen LogP contribution in [0.5, 0.6) is 0 Å². The second-order valence-corrected chi connectivity index (χ2v) is 7.10. The number of benzene rings is 2. The molecule has 2 heterocycles. The average molecular weight is 335 g/mol. The lowest BCUT2D eigenvalue weighted by Crippen LogP contribution is -2.37. The van der Waals surface area contributed by atoms with Gasteiger partial charge in [-0.25, -0.2) is 0 Å². The molecular weight excluding hydrogens is 310 g/mol. The van der Waals surface area contributed by atoms with E-state index in [4.69, 9.17) is 0 Å². The van der Waals surface area contributed by atoms with Crippen LogP contribution in [0.4, 0.5) is 17.1 Å². The highest BCUT2D eigenvalue weighted by Gasteiger charge is 2.27. The van der Waals surface area contributed by atoms with Crippen LogP contribution in [0.1, 0.15) is 25.3 Å². The Kier molecular flexibility index (Phi) is 4.35. The summed E-state index contributed by atoms with van der Waals surface area (Å²) in [6.45, 7) is 4.85. The standard InChI is InChI=1S/C21H25N3O/c1-16-14-17-6-2-3-7-20(17)24(16)15-21(25)22-18-8-10-19(11-9-18)23-12-4-5-13-23/h2-3,6-11,16H,4-5,12-15H2,1H3,(H,22,25)/t16-/m1/s1. The molecule has 130 valence electrons. The summed E-state index contributed by atoms with van der Waals surface area (Å²) in [5.41, 5.74) is 4.64. The minimum atomic E-state index is 0.0393. The average Bonchev–Trinajstić information content (AvgIpc) is 3.25. The zero-order valence-corrected chi connectivity index (χ0v) is 14.7. The molecular formula is C21H25N3O. The number of carbonyl (C=O) groups is 1. The van der Waals surface area contributed by atoms with Gasteiger partial charge in [0.25, 0.3) is 0 Å². The fourth-order valence-corrected chi connectivity index (χ4v) is 3.96. The van der Waals surface area contributed by atoms with E-state index in [1.807, 2.05) is 18.2 Å². The van der Waals surface area contributed by atoms with Crippen molar-refractivity contribution in [2.45, 2.75) is 32.2 Å². The van der Waals surface area contributed by atoms with Gasteiger partial charge in [-0.1, -0.05) is 18.2 Å². The molecule has 0 spiro atoms. The van der Waals surface area contributed by atoms with Crippen molar-refractivity contribution >= 4 is 23.0 Å². The molecule has 0 aromatic heterocycles. The first-order valence-electron chi connectivity index (χ1n) is 9.20. The topological polar surface area (TPSA) is 35.6 Å². The Hall–Kier alpha value is -2.49. The molecule has 1 saturated heterocycles. The predicted octanol–water partition coefficient (Wildman–Crippen LogP) is 3.68. The number of hydrogen-bond donors (Lipinski definition) is 1. The molecule has 0 radical (unpaired) electrons. The van der Waals surface area contributed by atoms with E-state index in [9.17, 15) is 4.79 Å². The Bertz CT molecular complexity index is 750. The van der Waals surface area contributed by atoms with E-state index >= 15 is 0 Å². The van der Waals surface area contributed by atoms with Gasteiger partial charge in [-0.05, 0) is 62.1 Å². The van der Waals surface area contributed by atoms with Crippen LogP contribution in [0, 0.1) is 0 Å². The van der Waals surface area contributed by atoms with E-state index in [-0.39, 0.29) is 5.91 Å². The molecule has 4 heteroatoms. The highest BCUT2D eigenvalue weighted by molar-refractivity contribution is 5.94. The van der Waals surface area contributed by atoms with Gasteiger partial charge < -0.3 is 15.1 Å². The van der Waals surface area contributed by atoms with E-state index in [1.54, 1.807) is 0 Å². The molecule has 0 unspecified atom stereocenters. The van der Waals surface area contributed by atoms with E-state index in [2.05, 4.69) is 52.4 Å². The first-order valence-corrected chi connectivity index (χ1v) is 9.20. The minimum Gasteiger partial charge on any atom is -0.372 e. The van der Waals surface area contributed by atoms with Gasteiger partial charge in [0.05, 0.1) is 6.54 Å². The van der Waals surface area contributed by atoms with Crippen LogP contribution in [-0.2, 0) is 11.2 Å². The van der Waals surface area contributed by atoms with Gasteiger partial charge in [-0.3, -0.25) is 4.79 Å². The first kappa shape index (κ1) is 16.0. The van der Waals surface area contributed by atoms with Crippen molar-refractivity contribution < 1.29 is 4.79 Å². The Balaban J connectivity index is 1.39. The number of amides is 1. The summed E-state index contributed by atoms with van der Waals surface area (Å²) < 4.78 is 0. The molecule has 0 bridgehead atoms. The summed E-state index contributed by atoms with van der Waals surface area (Å²) in [4.78, 5) is 17.1. The van der Waals surface area contributed by atoms with Crippen LogP contribution in [0.3, 0.4) is 0 Å². The second kappa shape index (κ2) is 6.79. The van der Waals surface area contributed by atoms with Crippen LogP contribution in [0.2, 0.25) is 0 Å². The number of nitrogens with zero attached hydrogens (tertiary/aromatic N) is 2. The van der Waals surface area contributed by atoms with Gasteiger partial charge >= 0.3 is 0 Å². The van der Waals surface area contributed by atoms with Crippen LogP contribution in [0.15, 0.2) is 48.5 Å². The fourth-order valence-electron chi connectivity index (χ4n) is 3.96. The van der Waals surface area contributed by atoms with E-state index in [1.165, 1.54) is 29.8 Å². The quantitative estimate of drug-likeness (QED) is 0.926. The molecule has 2 aromatic carbocycles. The van der Waals surface area contributed by atoms with Crippen LogP contribution < -0.4 is 15.1 Å². The van der Waals surface area contributed by atoms with Gasteiger partial charge in [0.1, 0.15) is 0 Å². The summed E-state index contributed by atoms with van der Waals surface area (Å²) in [5.74, 6) is 0.0393. The number of rotatable bonds is 4. The number of carbonyl (C=O) groups excluding carboxylic acids is 1.